The number of carbonyl (C=O) groups is 1. The minimum atomic E-state index is -0.0295. The standard InChI is InChI=1S/C19H17BrN6O/c20-16-11-26-15(10-23-18(26)17(25-16)22-9-1-8-21)12-2-4-13(5-3-12)19(27)24-14-6-7-14/h2-5,10-11,14H,1,6-7,9H2,(H,22,25)(H,24,27). The summed E-state index contributed by atoms with van der Waals surface area (Å²) in [6.07, 6.45) is 6.15. The summed E-state index contributed by atoms with van der Waals surface area (Å²) in [4.78, 5) is 21.0. The van der Waals surface area contributed by atoms with Crippen LogP contribution in [0.25, 0.3) is 16.9 Å². The van der Waals surface area contributed by atoms with Gasteiger partial charge in [0.2, 0.25) is 0 Å². The number of amides is 1. The molecule has 0 aliphatic heterocycles. The molecule has 27 heavy (non-hydrogen) atoms. The van der Waals surface area contributed by atoms with Crippen LogP contribution in [0.15, 0.2) is 41.3 Å². The number of carbonyl (C=O) groups excluding carboxylic acids is 1. The quantitative estimate of drug-likeness (QED) is 0.591. The van der Waals surface area contributed by atoms with Crippen LogP contribution in [0.3, 0.4) is 0 Å². The zero-order valence-corrected chi connectivity index (χ0v) is 16.0. The van der Waals surface area contributed by atoms with Gasteiger partial charge in [-0.15, -0.1) is 0 Å². The zero-order chi connectivity index (χ0) is 18.8. The first-order valence-electron chi connectivity index (χ1n) is 8.71. The van der Waals surface area contributed by atoms with Crippen molar-refractivity contribution in [1.82, 2.24) is 19.7 Å². The number of halogens is 1. The maximum Gasteiger partial charge on any atom is 0.251 e. The Balaban J connectivity index is 1.63. The summed E-state index contributed by atoms with van der Waals surface area (Å²) in [5, 5.41) is 14.8. The Morgan fingerprint density at radius 3 is 2.81 bits per heavy atom. The van der Waals surface area contributed by atoms with Crippen LogP contribution in [0.4, 0.5) is 5.82 Å². The maximum atomic E-state index is 12.1. The van der Waals surface area contributed by atoms with Crippen molar-refractivity contribution >= 4 is 33.3 Å². The van der Waals surface area contributed by atoms with Crippen molar-refractivity contribution in [2.24, 2.45) is 0 Å². The molecule has 4 rings (SSSR count). The second-order valence-corrected chi connectivity index (χ2v) is 7.22. The lowest BCUT2D eigenvalue weighted by atomic mass is 10.1. The summed E-state index contributed by atoms with van der Waals surface area (Å²) in [5.74, 6) is 0.587. The van der Waals surface area contributed by atoms with Gasteiger partial charge in [0.05, 0.1) is 24.4 Å². The second kappa shape index (κ2) is 7.37. The first-order chi connectivity index (χ1) is 13.2. The van der Waals surface area contributed by atoms with E-state index in [4.69, 9.17) is 5.26 Å². The number of imidazole rings is 1. The number of fused-ring (bicyclic) bond motifs is 1. The molecule has 0 atom stereocenters. The van der Waals surface area contributed by atoms with E-state index in [0.29, 0.717) is 40.6 Å². The largest absolute Gasteiger partial charge is 0.366 e. The minimum absolute atomic E-state index is 0.0295. The molecule has 0 bridgehead atoms. The van der Waals surface area contributed by atoms with Gasteiger partial charge in [0, 0.05) is 29.9 Å². The molecule has 8 heteroatoms. The van der Waals surface area contributed by atoms with Crippen molar-refractivity contribution in [3.8, 4) is 17.3 Å². The average Bonchev–Trinajstić information content (AvgIpc) is 3.38. The Kier molecular flexibility index (Phi) is 4.77. The Bertz CT molecular complexity index is 1030. The fourth-order valence-corrected chi connectivity index (χ4v) is 3.20. The highest BCUT2D eigenvalue weighted by atomic mass is 79.9. The van der Waals surface area contributed by atoms with E-state index >= 15 is 0 Å². The maximum absolute atomic E-state index is 12.1. The fourth-order valence-electron chi connectivity index (χ4n) is 2.82. The molecule has 7 nitrogen and oxygen atoms in total. The third-order valence-corrected chi connectivity index (χ3v) is 4.73. The lowest BCUT2D eigenvalue weighted by Gasteiger charge is -2.08. The van der Waals surface area contributed by atoms with E-state index in [1.165, 1.54) is 0 Å². The highest BCUT2D eigenvalue weighted by Crippen LogP contribution is 2.26. The van der Waals surface area contributed by atoms with Crippen LogP contribution in [0.2, 0.25) is 0 Å². The van der Waals surface area contributed by atoms with Crippen LogP contribution in [-0.4, -0.2) is 32.9 Å². The second-order valence-electron chi connectivity index (χ2n) is 6.41. The predicted molar refractivity (Wildman–Crippen MR) is 105 cm³/mol. The number of rotatable bonds is 6. The van der Waals surface area contributed by atoms with Gasteiger partial charge in [0.15, 0.2) is 11.5 Å². The number of hydrogen-bond donors (Lipinski definition) is 2. The van der Waals surface area contributed by atoms with Crippen LogP contribution in [-0.2, 0) is 0 Å². The summed E-state index contributed by atoms with van der Waals surface area (Å²) < 4.78 is 2.60. The molecule has 2 heterocycles. The van der Waals surface area contributed by atoms with Gasteiger partial charge in [-0.05, 0) is 40.9 Å². The predicted octanol–water partition coefficient (Wildman–Crippen LogP) is 3.38. The van der Waals surface area contributed by atoms with Crippen LogP contribution >= 0.6 is 15.9 Å². The lowest BCUT2D eigenvalue weighted by molar-refractivity contribution is 0.0951. The molecule has 136 valence electrons. The number of hydrogen-bond acceptors (Lipinski definition) is 5. The Labute approximate surface area is 164 Å². The summed E-state index contributed by atoms with van der Waals surface area (Å²) in [5.41, 5.74) is 3.18. The van der Waals surface area contributed by atoms with Gasteiger partial charge in [0.1, 0.15) is 4.60 Å². The van der Waals surface area contributed by atoms with Crippen molar-refractivity contribution in [2.45, 2.75) is 25.3 Å². The molecule has 1 aliphatic rings. The van der Waals surface area contributed by atoms with Crippen LogP contribution in [0.1, 0.15) is 29.6 Å². The molecule has 0 unspecified atom stereocenters. The number of nitrogens with one attached hydrogen (secondary N) is 2. The van der Waals surface area contributed by atoms with E-state index in [2.05, 4.69) is 42.6 Å². The average molecular weight is 425 g/mol. The van der Waals surface area contributed by atoms with Gasteiger partial charge in [-0.25, -0.2) is 9.97 Å². The van der Waals surface area contributed by atoms with Gasteiger partial charge in [-0.3, -0.25) is 9.20 Å². The number of nitriles is 1. The molecule has 1 amide bonds. The lowest BCUT2D eigenvalue weighted by Crippen LogP contribution is -2.25. The Morgan fingerprint density at radius 2 is 2.11 bits per heavy atom. The Hall–Kier alpha value is -2.92. The van der Waals surface area contributed by atoms with E-state index in [-0.39, 0.29) is 5.91 Å². The summed E-state index contributed by atoms with van der Waals surface area (Å²) >= 11 is 3.43. The third kappa shape index (κ3) is 3.78. The van der Waals surface area contributed by atoms with Gasteiger partial charge < -0.3 is 10.6 Å². The van der Waals surface area contributed by atoms with Crippen molar-refractivity contribution < 1.29 is 4.79 Å². The molecule has 2 aromatic heterocycles. The molecular formula is C19H17BrN6O. The molecule has 1 aromatic carbocycles. The van der Waals surface area contributed by atoms with Crippen molar-refractivity contribution in [3.05, 3.63) is 46.8 Å². The Morgan fingerprint density at radius 1 is 1.33 bits per heavy atom. The van der Waals surface area contributed by atoms with Gasteiger partial charge >= 0.3 is 0 Å². The number of benzene rings is 1. The molecule has 1 aliphatic carbocycles. The highest BCUT2D eigenvalue weighted by molar-refractivity contribution is 9.10. The number of anilines is 1. The minimum Gasteiger partial charge on any atom is -0.366 e. The highest BCUT2D eigenvalue weighted by Gasteiger charge is 2.23. The van der Waals surface area contributed by atoms with Gasteiger partial charge in [-0.1, -0.05) is 12.1 Å². The van der Waals surface area contributed by atoms with Crippen molar-refractivity contribution in [1.29, 1.82) is 5.26 Å². The molecule has 3 aromatic rings. The summed E-state index contributed by atoms with van der Waals surface area (Å²) in [6.45, 7) is 0.503. The number of nitrogens with zero attached hydrogens (tertiary/aromatic N) is 4. The van der Waals surface area contributed by atoms with E-state index in [0.717, 1.165) is 24.1 Å². The van der Waals surface area contributed by atoms with Crippen LogP contribution in [0, 0.1) is 11.3 Å². The number of aromatic nitrogens is 3. The van der Waals surface area contributed by atoms with Crippen molar-refractivity contribution in [3.63, 3.8) is 0 Å². The summed E-state index contributed by atoms with van der Waals surface area (Å²) in [6, 6.07) is 9.93. The molecule has 1 saturated carbocycles. The third-order valence-electron chi connectivity index (χ3n) is 4.35. The summed E-state index contributed by atoms with van der Waals surface area (Å²) in [7, 11) is 0. The molecule has 0 radical (unpaired) electrons. The molecule has 2 N–H and O–H groups in total. The molecule has 0 spiro atoms. The smallest absolute Gasteiger partial charge is 0.251 e. The van der Waals surface area contributed by atoms with E-state index in [1.54, 1.807) is 6.20 Å². The van der Waals surface area contributed by atoms with Crippen LogP contribution in [0.5, 0.6) is 0 Å². The molecule has 1 fully saturated rings. The first kappa shape index (κ1) is 17.5. The SMILES string of the molecule is N#CCCNc1nc(Br)cn2c(-c3ccc(C(=O)NC4CC4)cc3)cnc12. The molecule has 0 saturated heterocycles. The van der Waals surface area contributed by atoms with Gasteiger partial charge in [-0.2, -0.15) is 5.26 Å². The fraction of sp³-hybridized carbons (Fsp3) is 0.263. The topological polar surface area (TPSA) is 95.1 Å². The first-order valence-corrected chi connectivity index (χ1v) is 9.51. The van der Waals surface area contributed by atoms with Crippen molar-refractivity contribution in [2.75, 3.05) is 11.9 Å². The normalized spacial score (nSPS) is 13.3. The van der Waals surface area contributed by atoms with E-state index < -0.39 is 0 Å². The van der Waals surface area contributed by atoms with E-state index in [1.807, 2.05) is 34.9 Å². The monoisotopic (exact) mass is 424 g/mol. The van der Waals surface area contributed by atoms with E-state index in [9.17, 15) is 4.79 Å². The van der Waals surface area contributed by atoms with Crippen LogP contribution < -0.4 is 10.6 Å². The molecular weight excluding hydrogens is 408 g/mol. The zero-order valence-electron chi connectivity index (χ0n) is 14.4. The van der Waals surface area contributed by atoms with Gasteiger partial charge in [0.25, 0.3) is 5.91 Å².